The molecule has 0 aliphatic rings. The topological polar surface area (TPSA) is 38.3 Å². The molecular formula is C18H20FNO2. The van der Waals surface area contributed by atoms with Crippen molar-refractivity contribution in [2.24, 2.45) is 0 Å². The van der Waals surface area contributed by atoms with Gasteiger partial charge in [0.15, 0.2) is 6.10 Å². The Kier molecular flexibility index (Phi) is 5.15. The minimum atomic E-state index is -0.607. The number of carbonyl (C=O) groups is 1. The molecule has 1 N–H and O–H groups in total. The Labute approximate surface area is 130 Å². The summed E-state index contributed by atoms with van der Waals surface area (Å²) in [7, 11) is 0. The van der Waals surface area contributed by atoms with Gasteiger partial charge < -0.3 is 10.1 Å². The quantitative estimate of drug-likeness (QED) is 0.912. The van der Waals surface area contributed by atoms with Gasteiger partial charge in [0.05, 0.1) is 6.04 Å². The highest BCUT2D eigenvalue weighted by Crippen LogP contribution is 2.18. The van der Waals surface area contributed by atoms with Crippen molar-refractivity contribution >= 4 is 5.91 Å². The Morgan fingerprint density at radius 2 is 1.73 bits per heavy atom. The third-order valence-corrected chi connectivity index (χ3v) is 3.50. The predicted octanol–water partition coefficient (Wildman–Crippen LogP) is 3.78. The summed E-state index contributed by atoms with van der Waals surface area (Å²) < 4.78 is 18.6. The van der Waals surface area contributed by atoms with Crippen molar-refractivity contribution < 1.29 is 13.9 Å². The number of rotatable bonds is 5. The Hall–Kier alpha value is -2.36. The van der Waals surface area contributed by atoms with E-state index in [-0.39, 0.29) is 17.8 Å². The van der Waals surface area contributed by atoms with Crippen molar-refractivity contribution in [1.82, 2.24) is 5.32 Å². The fourth-order valence-corrected chi connectivity index (χ4v) is 2.10. The molecule has 0 radical (unpaired) electrons. The van der Waals surface area contributed by atoms with E-state index in [2.05, 4.69) is 5.32 Å². The zero-order chi connectivity index (χ0) is 16.1. The Morgan fingerprint density at radius 1 is 1.09 bits per heavy atom. The van der Waals surface area contributed by atoms with Gasteiger partial charge in [-0.05, 0) is 50.1 Å². The predicted molar refractivity (Wildman–Crippen MR) is 84.2 cm³/mol. The minimum absolute atomic E-state index is 0.208. The number of hydrogen-bond donors (Lipinski definition) is 1. The maximum atomic E-state index is 12.9. The lowest BCUT2D eigenvalue weighted by Crippen LogP contribution is -2.37. The molecule has 0 bridgehead atoms. The number of para-hydroxylation sites is 1. The smallest absolute Gasteiger partial charge is 0.261 e. The summed E-state index contributed by atoms with van der Waals surface area (Å²) in [6.07, 6.45) is -0.607. The number of hydrogen-bond acceptors (Lipinski definition) is 2. The molecule has 3 nitrogen and oxygen atoms in total. The van der Waals surface area contributed by atoms with E-state index in [9.17, 15) is 9.18 Å². The first kappa shape index (κ1) is 16.0. The molecule has 2 aromatic rings. The summed E-state index contributed by atoms with van der Waals surface area (Å²) in [5, 5.41) is 2.87. The molecule has 2 aromatic carbocycles. The second-order valence-corrected chi connectivity index (χ2v) is 5.31. The molecule has 2 atom stereocenters. The van der Waals surface area contributed by atoms with Crippen molar-refractivity contribution in [2.45, 2.75) is 32.9 Å². The van der Waals surface area contributed by atoms with Crippen LogP contribution in [0.25, 0.3) is 0 Å². The molecule has 0 unspecified atom stereocenters. The number of benzene rings is 2. The standard InChI is InChI=1S/C18H20FNO2/c1-12-6-4-5-7-17(12)22-14(3)18(21)20-13(2)15-8-10-16(19)11-9-15/h4-11,13-14H,1-3H3,(H,20,21)/t13-,14+/m0/s1. The zero-order valence-corrected chi connectivity index (χ0v) is 13.0. The van der Waals surface area contributed by atoms with E-state index in [0.717, 1.165) is 11.1 Å². The average Bonchev–Trinajstić information content (AvgIpc) is 2.50. The molecule has 0 aromatic heterocycles. The van der Waals surface area contributed by atoms with Gasteiger partial charge in [-0.2, -0.15) is 0 Å². The summed E-state index contributed by atoms with van der Waals surface area (Å²) in [6.45, 7) is 5.49. The molecule has 0 saturated carbocycles. The number of ether oxygens (including phenoxy) is 1. The summed E-state index contributed by atoms with van der Waals surface area (Å²) in [4.78, 5) is 12.2. The number of halogens is 1. The lowest BCUT2D eigenvalue weighted by Gasteiger charge is -2.19. The van der Waals surface area contributed by atoms with Crippen LogP contribution in [0.2, 0.25) is 0 Å². The maximum absolute atomic E-state index is 12.9. The molecule has 0 aliphatic carbocycles. The fourth-order valence-electron chi connectivity index (χ4n) is 2.10. The number of carbonyl (C=O) groups excluding carboxylic acids is 1. The van der Waals surface area contributed by atoms with Gasteiger partial charge in [-0.1, -0.05) is 30.3 Å². The van der Waals surface area contributed by atoms with Gasteiger partial charge in [-0.3, -0.25) is 4.79 Å². The van der Waals surface area contributed by atoms with E-state index in [1.807, 2.05) is 38.1 Å². The molecule has 0 fully saturated rings. The van der Waals surface area contributed by atoms with Crippen LogP contribution >= 0.6 is 0 Å². The molecule has 0 saturated heterocycles. The van der Waals surface area contributed by atoms with Gasteiger partial charge in [0.2, 0.25) is 0 Å². The first-order valence-electron chi connectivity index (χ1n) is 7.25. The van der Waals surface area contributed by atoms with Gasteiger partial charge in [0, 0.05) is 0 Å². The van der Waals surface area contributed by atoms with E-state index < -0.39 is 6.10 Å². The summed E-state index contributed by atoms with van der Waals surface area (Å²) in [5.41, 5.74) is 1.83. The molecular weight excluding hydrogens is 281 g/mol. The van der Waals surface area contributed by atoms with E-state index in [1.165, 1.54) is 12.1 Å². The van der Waals surface area contributed by atoms with E-state index in [4.69, 9.17) is 4.74 Å². The lowest BCUT2D eigenvalue weighted by molar-refractivity contribution is -0.127. The first-order chi connectivity index (χ1) is 10.5. The second kappa shape index (κ2) is 7.07. The highest BCUT2D eigenvalue weighted by molar-refractivity contribution is 5.81. The molecule has 4 heteroatoms. The lowest BCUT2D eigenvalue weighted by atomic mass is 10.1. The minimum Gasteiger partial charge on any atom is -0.481 e. The third kappa shape index (κ3) is 4.07. The van der Waals surface area contributed by atoms with Gasteiger partial charge in [-0.25, -0.2) is 4.39 Å². The fraction of sp³-hybridized carbons (Fsp3) is 0.278. The Morgan fingerprint density at radius 3 is 2.36 bits per heavy atom. The molecule has 1 amide bonds. The van der Waals surface area contributed by atoms with Crippen molar-refractivity contribution in [3.63, 3.8) is 0 Å². The molecule has 22 heavy (non-hydrogen) atoms. The van der Waals surface area contributed by atoms with Crippen molar-refractivity contribution in [1.29, 1.82) is 0 Å². The molecule has 0 aliphatic heterocycles. The van der Waals surface area contributed by atoms with Gasteiger partial charge in [-0.15, -0.1) is 0 Å². The van der Waals surface area contributed by atoms with E-state index >= 15 is 0 Å². The van der Waals surface area contributed by atoms with E-state index in [1.54, 1.807) is 19.1 Å². The number of nitrogens with one attached hydrogen (secondary N) is 1. The largest absolute Gasteiger partial charge is 0.481 e. The van der Waals surface area contributed by atoms with Crippen molar-refractivity contribution in [2.75, 3.05) is 0 Å². The maximum Gasteiger partial charge on any atom is 0.261 e. The molecule has 116 valence electrons. The van der Waals surface area contributed by atoms with Crippen LogP contribution in [0.15, 0.2) is 48.5 Å². The summed E-state index contributed by atoms with van der Waals surface area (Å²) in [6, 6.07) is 13.4. The normalized spacial score (nSPS) is 13.3. The summed E-state index contributed by atoms with van der Waals surface area (Å²) >= 11 is 0. The highest BCUT2D eigenvalue weighted by atomic mass is 19.1. The van der Waals surface area contributed by atoms with Crippen LogP contribution < -0.4 is 10.1 Å². The van der Waals surface area contributed by atoms with Crippen molar-refractivity contribution in [3.05, 3.63) is 65.5 Å². The van der Waals surface area contributed by atoms with Crippen LogP contribution in [0.4, 0.5) is 4.39 Å². The first-order valence-corrected chi connectivity index (χ1v) is 7.25. The number of aryl methyl sites for hydroxylation is 1. The SMILES string of the molecule is Cc1ccccc1O[C@H](C)C(=O)N[C@@H](C)c1ccc(F)cc1. The molecule has 2 rings (SSSR count). The zero-order valence-electron chi connectivity index (χ0n) is 13.0. The van der Waals surface area contributed by atoms with Gasteiger partial charge in [0.1, 0.15) is 11.6 Å². The molecule has 0 spiro atoms. The Bertz CT molecular complexity index is 640. The highest BCUT2D eigenvalue weighted by Gasteiger charge is 2.18. The van der Waals surface area contributed by atoms with Crippen LogP contribution in [0, 0.1) is 12.7 Å². The number of amides is 1. The van der Waals surface area contributed by atoms with E-state index in [0.29, 0.717) is 5.75 Å². The van der Waals surface area contributed by atoms with Crippen molar-refractivity contribution in [3.8, 4) is 5.75 Å². The van der Waals surface area contributed by atoms with Crippen LogP contribution in [-0.4, -0.2) is 12.0 Å². The molecule has 0 heterocycles. The van der Waals surface area contributed by atoms with Gasteiger partial charge >= 0.3 is 0 Å². The summed E-state index contributed by atoms with van der Waals surface area (Å²) in [5.74, 6) is 0.193. The second-order valence-electron chi connectivity index (χ2n) is 5.31. The van der Waals surface area contributed by atoms with Gasteiger partial charge in [0.25, 0.3) is 5.91 Å². The third-order valence-electron chi connectivity index (χ3n) is 3.50. The van der Waals surface area contributed by atoms with Crippen LogP contribution in [0.5, 0.6) is 5.75 Å². The average molecular weight is 301 g/mol. The van der Waals surface area contributed by atoms with Crippen LogP contribution in [0.1, 0.15) is 31.0 Å². The van der Waals surface area contributed by atoms with Crippen LogP contribution in [0.3, 0.4) is 0 Å². The monoisotopic (exact) mass is 301 g/mol. The van der Waals surface area contributed by atoms with Crippen LogP contribution in [-0.2, 0) is 4.79 Å². The Balaban J connectivity index is 1.96.